The fourth-order valence-corrected chi connectivity index (χ4v) is 3.93. The van der Waals surface area contributed by atoms with E-state index in [-0.39, 0.29) is 18.0 Å². The second-order valence-electron chi connectivity index (χ2n) is 6.83. The first-order valence-corrected chi connectivity index (χ1v) is 9.37. The van der Waals surface area contributed by atoms with Crippen LogP contribution < -0.4 is 5.56 Å². The maximum Gasteiger partial charge on any atom is 0.263 e. The summed E-state index contributed by atoms with van der Waals surface area (Å²) in [5.74, 6) is 3.95. The van der Waals surface area contributed by atoms with Gasteiger partial charge < -0.3 is 0 Å². The van der Waals surface area contributed by atoms with Gasteiger partial charge in [0.1, 0.15) is 10.7 Å². The lowest BCUT2D eigenvalue weighted by Crippen LogP contribution is -2.25. The molecule has 25 heavy (non-hydrogen) atoms. The van der Waals surface area contributed by atoms with Gasteiger partial charge in [-0.05, 0) is 17.0 Å². The van der Waals surface area contributed by atoms with Gasteiger partial charge in [-0.25, -0.2) is 4.98 Å². The summed E-state index contributed by atoms with van der Waals surface area (Å²) in [6.45, 7) is 8.64. The van der Waals surface area contributed by atoms with E-state index in [1.54, 1.807) is 4.57 Å². The summed E-state index contributed by atoms with van der Waals surface area (Å²) in [6, 6.07) is 8.41. The Labute approximate surface area is 152 Å². The first-order valence-electron chi connectivity index (χ1n) is 8.49. The van der Waals surface area contributed by atoms with Crippen LogP contribution in [0.3, 0.4) is 0 Å². The lowest BCUT2D eigenvalue weighted by molar-refractivity contribution is 0.651. The van der Waals surface area contributed by atoms with Gasteiger partial charge in [-0.2, -0.15) is 0 Å². The Morgan fingerprint density at radius 2 is 1.84 bits per heavy atom. The van der Waals surface area contributed by atoms with Crippen molar-refractivity contribution in [1.82, 2.24) is 9.55 Å². The Hall–Kier alpha value is -2.38. The summed E-state index contributed by atoms with van der Waals surface area (Å²) in [6.07, 6.45) is 5.48. The summed E-state index contributed by atoms with van der Waals surface area (Å²) >= 11 is 1.52. The van der Waals surface area contributed by atoms with E-state index < -0.39 is 0 Å². The third-order valence-electron chi connectivity index (χ3n) is 4.38. The quantitative estimate of drug-likeness (QED) is 0.620. The van der Waals surface area contributed by atoms with Crippen LogP contribution in [0, 0.1) is 12.3 Å². The van der Waals surface area contributed by atoms with Crippen LogP contribution in [0.25, 0.3) is 21.3 Å². The van der Waals surface area contributed by atoms with Crippen LogP contribution in [0.1, 0.15) is 50.9 Å². The lowest BCUT2D eigenvalue weighted by atomic mass is 9.99. The minimum atomic E-state index is -0.0455. The number of thiophene rings is 1. The molecule has 4 heteroatoms. The van der Waals surface area contributed by atoms with E-state index in [4.69, 9.17) is 11.4 Å². The van der Waals surface area contributed by atoms with Gasteiger partial charge in [0.2, 0.25) is 0 Å². The molecular weight excluding hydrogens is 328 g/mol. The predicted molar refractivity (Wildman–Crippen MR) is 106 cm³/mol. The van der Waals surface area contributed by atoms with E-state index in [9.17, 15) is 4.79 Å². The minimum Gasteiger partial charge on any atom is -0.284 e. The van der Waals surface area contributed by atoms with Crippen molar-refractivity contribution in [2.24, 2.45) is 0 Å². The molecule has 2 aromatic heterocycles. The molecule has 0 unspecified atom stereocenters. The molecule has 0 aliphatic rings. The Balaban J connectivity index is 2.23. The fourth-order valence-electron chi connectivity index (χ4n) is 2.98. The van der Waals surface area contributed by atoms with Crippen LogP contribution in [-0.2, 0) is 6.54 Å². The molecule has 0 N–H and O–H groups in total. The summed E-state index contributed by atoms with van der Waals surface area (Å²) in [5.41, 5.74) is 3.22. The zero-order valence-corrected chi connectivity index (χ0v) is 15.9. The SMILES string of the molecule is C#CCn1c(C(C)C)nc2scc(-c3ccc(C(C)C)cc3)c2c1=O. The van der Waals surface area contributed by atoms with E-state index in [0.717, 1.165) is 21.8 Å². The maximum absolute atomic E-state index is 13.1. The molecule has 2 heterocycles. The Morgan fingerprint density at radius 3 is 2.40 bits per heavy atom. The molecule has 128 valence electrons. The summed E-state index contributed by atoms with van der Waals surface area (Å²) < 4.78 is 1.63. The van der Waals surface area contributed by atoms with Crippen molar-refractivity contribution in [1.29, 1.82) is 0 Å². The van der Waals surface area contributed by atoms with E-state index in [1.165, 1.54) is 16.9 Å². The number of fused-ring (bicyclic) bond motifs is 1. The van der Waals surface area contributed by atoms with Gasteiger partial charge in [0.15, 0.2) is 0 Å². The highest BCUT2D eigenvalue weighted by atomic mass is 32.1. The monoisotopic (exact) mass is 350 g/mol. The Bertz CT molecular complexity index is 1000. The molecule has 3 aromatic rings. The highest BCUT2D eigenvalue weighted by Crippen LogP contribution is 2.32. The molecule has 0 fully saturated rings. The largest absolute Gasteiger partial charge is 0.284 e. The van der Waals surface area contributed by atoms with Crippen molar-refractivity contribution in [3.63, 3.8) is 0 Å². The summed E-state index contributed by atoms with van der Waals surface area (Å²) in [7, 11) is 0. The molecule has 0 spiro atoms. The molecule has 3 nitrogen and oxygen atoms in total. The molecule has 0 aliphatic carbocycles. The number of benzene rings is 1. The molecule has 0 aliphatic heterocycles. The molecule has 0 bridgehead atoms. The molecular formula is C21H22N2OS. The second kappa shape index (κ2) is 6.85. The molecule has 0 saturated heterocycles. The number of aromatic nitrogens is 2. The number of hydrogen-bond donors (Lipinski definition) is 0. The van der Waals surface area contributed by atoms with E-state index >= 15 is 0 Å². The van der Waals surface area contributed by atoms with E-state index in [0.29, 0.717) is 11.3 Å². The van der Waals surface area contributed by atoms with Crippen molar-refractivity contribution in [3.05, 3.63) is 51.4 Å². The Morgan fingerprint density at radius 1 is 1.16 bits per heavy atom. The van der Waals surface area contributed by atoms with Crippen molar-refractivity contribution in [2.45, 2.75) is 46.1 Å². The topological polar surface area (TPSA) is 34.9 Å². The predicted octanol–water partition coefficient (Wildman–Crippen LogP) is 5.01. The van der Waals surface area contributed by atoms with Gasteiger partial charge in [-0.1, -0.05) is 57.9 Å². The van der Waals surface area contributed by atoms with Crippen LogP contribution in [0.15, 0.2) is 34.4 Å². The number of terminal acetylenes is 1. The van der Waals surface area contributed by atoms with E-state index in [2.05, 4.69) is 44.0 Å². The Kier molecular flexibility index (Phi) is 4.78. The average Bonchev–Trinajstić information content (AvgIpc) is 3.01. The molecule has 0 radical (unpaired) electrons. The highest BCUT2D eigenvalue weighted by molar-refractivity contribution is 7.17. The van der Waals surface area contributed by atoms with Gasteiger partial charge in [0.05, 0.1) is 11.9 Å². The zero-order chi connectivity index (χ0) is 18.1. The molecule has 3 rings (SSSR count). The summed E-state index contributed by atoms with van der Waals surface area (Å²) in [4.78, 5) is 18.6. The van der Waals surface area contributed by atoms with Crippen molar-refractivity contribution >= 4 is 21.6 Å². The number of nitrogens with zero attached hydrogens (tertiary/aromatic N) is 2. The maximum atomic E-state index is 13.1. The molecule has 0 atom stereocenters. The average molecular weight is 350 g/mol. The van der Waals surface area contributed by atoms with Gasteiger partial charge >= 0.3 is 0 Å². The number of hydrogen-bond acceptors (Lipinski definition) is 3. The van der Waals surface area contributed by atoms with Gasteiger partial charge in [0, 0.05) is 16.9 Å². The van der Waals surface area contributed by atoms with Gasteiger partial charge in [-0.15, -0.1) is 17.8 Å². The third kappa shape index (κ3) is 3.12. The van der Waals surface area contributed by atoms with Crippen LogP contribution in [-0.4, -0.2) is 9.55 Å². The minimum absolute atomic E-state index is 0.0455. The smallest absolute Gasteiger partial charge is 0.263 e. The third-order valence-corrected chi connectivity index (χ3v) is 5.25. The van der Waals surface area contributed by atoms with Gasteiger partial charge in [-0.3, -0.25) is 9.36 Å². The zero-order valence-electron chi connectivity index (χ0n) is 15.0. The van der Waals surface area contributed by atoms with Crippen molar-refractivity contribution in [3.8, 4) is 23.5 Å². The molecule has 0 saturated carbocycles. The first kappa shape index (κ1) is 17.4. The molecule has 0 amide bonds. The van der Waals surface area contributed by atoms with Crippen LogP contribution >= 0.6 is 11.3 Å². The van der Waals surface area contributed by atoms with Crippen molar-refractivity contribution in [2.75, 3.05) is 0 Å². The van der Waals surface area contributed by atoms with Gasteiger partial charge in [0.25, 0.3) is 5.56 Å². The number of rotatable bonds is 4. The first-order chi connectivity index (χ1) is 11.9. The fraction of sp³-hybridized carbons (Fsp3) is 0.333. The standard InChI is InChI=1S/C21H22N2OS/c1-6-11-23-19(14(4)5)22-20-18(21(23)24)17(12-25-20)16-9-7-15(8-10-16)13(2)3/h1,7-10,12-14H,11H2,2-5H3. The highest BCUT2D eigenvalue weighted by Gasteiger charge is 2.18. The van der Waals surface area contributed by atoms with Crippen LogP contribution in [0.4, 0.5) is 0 Å². The second-order valence-corrected chi connectivity index (χ2v) is 7.68. The lowest BCUT2D eigenvalue weighted by Gasteiger charge is -2.13. The summed E-state index contributed by atoms with van der Waals surface area (Å²) in [5, 5.41) is 2.69. The van der Waals surface area contributed by atoms with Crippen LogP contribution in [0.5, 0.6) is 0 Å². The molecule has 1 aromatic carbocycles. The van der Waals surface area contributed by atoms with Crippen molar-refractivity contribution < 1.29 is 0 Å². The van der Waals surface area contributed by atoms with E-state index in [1.807, 2.05) is 19.2 Å². The van der Waals surface area contributed by atoms with Crippen LogP contribution in [0.2, 0.25) is 0 Å². The normalized spacial score (nSPS) is 11.4.